The van der Waals surface area contributed by atoms with Crippen LogP contribution in [-0.4, -0.2) is 10.2 Å². The summed E-state index contributed by atoms with van der Waals surface area (Å²) < 4.78 is 0. The van der Waals surface area contributed by atoms with Crippen LogP contribution in [0.1, 0.15) is 31.4 Å². The molecule has 3 nitrogen and oxygen atoms in total. The maximum absolute atomic E-state index is 10.8. The van der Waals surface area contributed by atoms with Gasteiger partial charge in [-0.15, -0.1) is 0 Å². The van der Waals surface area contributed by atoms with E-state index in [1.807, 2.05) is 0 Å². The van der Waals surface area contributed by atoms with Crippen molar-refractivity contribution in [2.24, 2.45) is 5.92 Å². The molecule has 0 aliphatic heterocycles. The predicted octanol–water partition coefficient (Wildman–Crippen LogP) is 1.22. The van der Waals surface area contributed by atoms with Gasteiger partial charge >= 0.3 is 0 Å². The standard InChI is InChI=1S/C8H12N2O/c1-5-2-3-6(5)7-4-8(11)10-9-7/h4-6H,2-3H2,1H3,(H2,9,10,11)/t5-,6-/m1/s1. The van der Waals surface area contributed by atoms with Crippen LogP contribution in [0.4, 0.5) is 0 Å². The van der Waals surface area contributed by atoms with Crippen LogP contribution in [0.3, 0.4) is 0 Å². The Labute approximate surface area is 64.8 Å². The van der Waals surface area contributed by atoms with E-state index in [0.717, 1.165) is 11.6 Å². The number of rotatable bonds is 1. The fraction of sp³-hybridized carbons (Fsp3) is 0.625. The van der Waals surface area contributed by atoms with Crippen molar-refractivity contribution in [3.8, 4) is 0 Å². The van der Waals surface area contributed by atoms with E-state index >= 15 is 0 Å². The summed E-state index contributed by atoms with van der Waals surface area (Å²) in [6.07, 6.45) is 2.51. The highest BCUT2D eigenvalue weighted by Gasteiger charge is 2.29. The lowest BCUT2D eigenvalue weighted by atomic mass is 9.73. The summed E-state index contributed by atoms with van der Waals surface area (Å²) in [5.41, 5.74) is 1.06. The van der Waals surface area contributed by atoms with Crippen LogP contribution in [0.5, 0.6) is 0 Å². The van der Waals surface area contributed by atoms with Crippen molar-refractivity contribution in [3.05, 3.63) is 22.1 Å². The molecule has 1 aromatic rings. The fourth-order valence-corrected chi connectivity index (χ4v) is 1.68. The summed E-state index contributed by atoms with van der Waals surface area (Å²) in [5.74, 6) is 1.33. The third kappa shape index (κ3) is 1.00. The van der Waals surface area contributed by atoms with E-state index in [2.05, 4.69) is 17.1 Å². The van der Waals surface area contributed by atoms with Gasteiger partial charge in [0.15, 0.2) is 0 Å². The Bertz CT molecular complexity index is 299. The molecule has 60 valence electrons. The first-order valence-electron chi connectivity index (χ1n) is 4.05. The third-order valence-corrected chi connectivity index (χ3v) is 2.64. The summed E-state index contributed by atoms with van der Waals surface area (Å²) in [5, 5.41) is 5.46. The third-order valence-electron chi connectivity index (χ3n) is 2.64. The first kappa shape index (κ1) is 6.70. The predicted molar refractivity (Wildman–Crippen MR) is 42.6 cm³/mol. The molecule has 2 atom stereocenters. The molecule has 0 amide bonds. The van der Waals surface area contributed by atoms with Gasteiger partial charge in [0.1, 0.15) is 0 Å². The van der Waals surface area contributed by atoms with Gasteiger partial charge < -0.3 is 5.10 Å². The van der Waals surface area contributed by atoms with Crippen molar-refractivity contribution in [2.45, 2.75) is 25.7 Å². The SMILES string of the molecule is C[C@@H]1CC[C@H]1c1cc(=O)[nH][nH]1. The smallest absolute Gasteiger partial charge is 0.264 e. The lowest BCUT2D eigenvalue weighted by molar-refractivity contribution is 0.274. The summed E-state index contributed by atoms with van der Waals surface area (Å²) in [4.78, 5) is 10.8. The highest BCUT2D eigenvalue weighted by atomic mass is 16.1. The minimum Gasteiger partial charge on any atom is -0.302 e. The highest BCUT2D eigenvalue weighted by Crippen LogP contribution is 2.40. The van der Waals surface area contributed by atoms with Crippen LogP contribution < -0.4 is 5.56 Å². The lowest BCUT2D eigenvalue weighted by Gasteiger charge is -2.32. The van der Waals surface area contributed by atoms with E-state index in [-0.39, 0.29) is 5.56 Å². The first-order chi connectivity index (χ1) is 5.27. The van der Waals surface area contributed by atoms with Crippen LogP contribution >= 0.6 is 0 Å². The summed E-state index contributed by atoms with van der Waals surface area (Å²) in [7, 11) is 0. The van der Waals surface area contributed by atoms with Crippen molar-refractivity contribution >= 4 is 0 Å². The van der Waals surface area contributed by atoms with E-state index in [9.17, 15) is 4.79 Å². The van der Waals surface area contributed by atoms with Crippen molar-refractivity contribution in [1.29, 1.82) is 0 Å². The topological polar surface area (TPSA) is 48.6 Å². The van der Waals surface area contributed by atoms with E-state index in [0.29, 0.717) is 5.92 Å². The second kappa shape index (κ2) is 2.26. The Morgan fingerprint density at radius 2 is 2.27 bits per heavy atom. The van der Waals surface area contributed by atoms with Crippen LogP contribution in [0, 0.1) is 5.92 Å². The molecule has 0 aromatic carbocycles. The molecule has 3 heteroatoms. The Hall–Kier alpha value is -0.990. The average molecular weight is 152 g/mol. The zero-order valence-corrected chi connectivity index (χ0v) is 6.55. The molecule has 1 aromatic heterocycles. The van der Waals surface area contributed by atoms with Gasteiger partial charge in [0.25, 0.3) is 5.56 Å². The van der Waals surface area contributed by atoms with Crippen molar-refractivity contribution in [2.75, 3.05) is 0 Å². The summed E-state index contributed by atoms with van der Waals surface area (Å²) in [6, 6.07) is 1.67. The fourth-order valence-electron chi connectivity index (χ4n) is 1.68. The molecule has 0 saturated heterocycles. The molecule has 0 bridgehead atoms. The van der Waals surface area contributed by atoms with Gasteiger partial charge in [-0.25, -0.2) is 0 Å². The molecule has 11 heavy (non-hydrogen) atoms. The lowest BCUT2D eigenvalue weighted by Crippen LogP contribution is -2.20. The van der Waals surface area contributed by atoms with E-state index in [1.165, 1.54) is 12.8 Å². The number of nitrogens with one attached hydrogen (secondary N) is 2. The van der Waals surface area contributed by atoms with Crippen molar-refractivity contribution < 1.29 is 0 Å². The second-order valence-electron chi connectivity index (χ2n) is 3.38. The average Bonchev–Trinajstić information content (AvgIpc) is 2.33. The van der Waals surface area contributed by atoms with Crippen LogP contribution in [-0.2, 0) is 0 Å². The van der Waals surface area contributed by atoms with Gasteiger partial charge in [-0.1, -0.05) is 6.92 Å². The van der Waals surface area contributed by atoms with Crippen LogP contribution in [0.25, 0.3) is 0 Å². The molecule has 1 heterocycles. The first-order valence-corrected chi connectivity index (χ1v) is 4.05. The molecule has 2 rings (SSSR count). The summed E-state index contributed by atoms with van der Waals surface area (Å²) >= 11 is 0. The molecule has 1 fully saturated rings. The summed E-state index contributed by atoms with van der Waals surface area (Å²) in [6.45, 7) is 2.22. The zero-order valence-electron chi connectivity index (χ0n) is 6.55. The molecular weight excluding hydrogens is 140 g/mol. The molecular formula is C8H12N2O. The molecule has 1 aliphatic carbocycles. The van der Waals surface area contributed by atoms with Gasteiger partial charge in [0, 0.05) is 17.7 Å². The Kier molecular flexibility index (Phi) is 1.37. The maximum Gasteiger partial charge on any atom is 0.264 e. The molecule has 1 aliphatic rings. The van der Waals surface area contributed by atoms with Gasteiger partial charge in [0.2, 0.25) is 0 Å². The quantitative estimate of drug-likeness (QED) is 0.624. The molecule has 0 radical (unpaired) electrons. The number of aromatic amines is 2. The molecule has 0 spiro atoms. The number of hydrogen-bond donors (Lipinski definition) is 2. The molecule has 0 unspecified atom stereocenters. The monoisotopic (exact) mass is 152 g/mol. The van der Waals surface area contributed by atoms with Gasteiger partial charge in [-0.2, -0.15) is 0 Å². The number of H-pyrrole nitrogens is 2. The second-order valence-corrected chi connectivity index (χ2v) is 3.38. The van der Waals surface area contributed by atoms with E-state index < -0.39 is 0 Å². The molecule has 2 N–H and O–H groups in total. The number of hydrogen-bond acceptors (Lipinski definition) is 1. The highest BCUT2D eigenvalue weighted by molar-refractivity contribution is 5.10. The van der Waals surface area contributed by atoms with Gasteiger partial charge in [-0.05, 0) is 18.8 Å². The minimum atomic E-state index is -0.0147. The zero-order chi connectivity index (χ0) is 7.84. The van der Waals surface area contributed by atoms with Crippen molar-refractivity contribution in [1.82, 2.24) is 10.2 Å². The van der Waals surface area contributed by atoms with Crippen LogP contribution in [0.15, 0.2) is 10.9 Å². The Balaban J connectivity index is 2.23. The molecule has 1 saturated carbocycles. The Morgan fingerprint density at radius 3 is 2.64 bits per heavy atom. The maximum atomic E-state index is 10.8. The minimum absolute atomic E-state index is 0.0147. The number of aromatic nitrogens is 2. The van der Waals surface area contributed by atoms with Gasteiger partial charge in [-0.3, -0.25) is 9.89 Å². The van der Waals surface area contributed by atoms with Crippen LogP contribution in [0.2, 0.25) is 0 Å². The largest absolute Gasteiger partial charge is 0.302 e. The normalized spacial score (nSPS) is 29.9. The van der Waals surface area contributed by atoms with E-state index in [1.54, 1.807) is 6.07 Å². The van der Waals surface area contributed by atoms with Crippen molar-refractivity contribution in [3.63, 3.8) is 0 Å². The van der Waals surface area contributed by atoms with E-state index in [4.69, 9.17) is 0 Å². The Morgan fingerprint density at radius 1 is 1.45 bits per heavy atom. The van der Waals surface area contributed by atoms with Gasteiger partial charge in [0.05, 0.1) is 0 Å².